The molecule has 3 aromatic carbocycles. The number of carbonyl (C=O) groups is 1. The Bertz CT molecular complexity index is 930. The second-order valence-corrected chi connectivity index (χ2v) is 7.33. The summed E-state index contributed by atoms with van der Waals surface area (Å²) in [4.78, 5) is 14.3. The summed E-state index contributed by atoms with van der Waals surface area (Å²) in [6.45, 7) is 0.495. The van der Waals surface area contributed by atoms with Gasteiger partial charge in [0.25, 0.3) is 5.91 Å². The van der Waals surface area contributed by atoms with E-state index < -0.39 is 0 Å². The SMILES string of the molecule is COCc1ccc(C(=O)Nc2cc(Cl)ccc2Sc2ccc(F)cc2)cc1. The van der Waals surface area contributed by atoms with Gasteiger partial charge in [0.15, 0.2) is 0 Å². The van der Waals surface area contributed by atoms with Gasteiger partial charge in [-0.15, -0.1) is 0 Å². The van der Waals surface area contributed by atoms with E-state index in [1.165, 1.54) is 23.9 Å². The van der Waals surface area contributed by atoms with Crippen LogP contribution in [0.1, 0.15) is 15.9 Å². The summed E-state index contributed by atoms with van der Waals surface area (Å²) in [5.74, 6) is -0.525. The number of halogens is 2. The van der Waals surface area contributed by atoms with Gasteiger partial charge in [-0.05, 0) is 60.2 Å². The highest BCUT2D eigenvalue weighted by Gasteiger charge is 2.11. The van der Waals surface area contributed by atoms with E-state index in [0.717, 1.165) is 15.4 Å². The number of nitrogens with one attached hydrogen (secondary N) is 1. The van der Waals surface area contributed by atoms with E-state index in [1.54, 1.807) is 43.5 Å². The van der Waals surface area contributed by atoms with E-state index in [0.29, 0.717) is 22.9 Å². The Kier molecular flexibility index (Phi) is 6.50. The molecule has 0 aliphatic rings. The molecule has 3 rings (SSSR count). The first-order chi connectivity index (χ1) is 13.0. The van der Waals surface area contributed by atoms with Crippen molar-refractivity contribution in [2.75, 3.05) is 12.4 Å². The predicted octanol–water partition coefficient (Wildman–Crippen LogP) is 6.03. The molecule has 138 valence electrons. The van der Waals surface area contributed by atoms with Gasteiger partial charge >= 0.3 is 0 Å². The second-order valence-electron chi connectivity index (χ2n) is 5.78. The molecule has 3 nitrogen and oxygen atoms in total. The van der Waals surface area contributed by atoms with Crippen LogP contribution in [0.15, 0.2) is 76.5 Å². The van der Waals surface area contributed by atoms with Crippen LogP contribution in [-0.2, 0) is 11.3 Å². The van der Waals surface area contributed by atoms with Crippen molar-refractivity contribution in [2.45, 2.75) is 16.4 Å². The Balaban J connectivity index is 1.79. The maximum atomic E-state index is 13.1. The number of benzene rings is 3. The molecular formula is C21H17ClFNO2S. The normalized spacial score (nSPS) is 10.6. The lowest BCUT2D eigenvalue weighted by Crippen LogP contribution is -2.12. The number of rotatable bonds is 6. The van der Waals surface area contributed by atoms with Crippen LogP contribution in [0.3, 0.4) is 0 Å². The molecule has 0 unspecified atom stereocenters. The van der Waals surface area contributed by atoms with E-state index >= 15 is 0 Å². The van der Waals surface area contributed by atoms with E-state index in [-0.39, 0.29) is 11.7 Å². The zero-order chi connectivity index (χ0) is 19.2. The Labute approximate surface area is 166 Å². The molecule has 0 saturated carbocycles. The van der Waals surface area contributed by atoms with Gasteiger partial charge in [0, 0.05) is 27.5 Å². The van der Waals surface area contributed by atoms with Crippen LogP contribution in [0.4, 0.5) is 10.1 Å². The minimum Gasteiger partial charge on any atom is -0.380 e. The minimum atomic E-state index is -0.291. The van der Waals surface area contributed by atoms with Crippen molar-refractivity contribution in [3.05, 3.63) is 88.7 Å². The van der Waals surface area contributed by atoms with Crippen LogP contribution < -0.4 is 5.32 Å². The van der Waals surface area contributed by atoms with E-state index in [4.69, 9.17) is 16.3 Å². The van der Waals surface area contributed by atoms with Gasteiger partial charge in [-0.25, -0.2) is 4.39 Å². The topological polar surface area (TPSA) is 38.3 Å². The predicted molar refractivity (Wildman–Crippen MR) is 107 cm³/mol. The molecule has 0 heterocycles. The first-order valence-corrected chi connectivity index (χ1v) is 9.37. The Hall–Kier alpha value is -2.34. The van der Waals surface area contributed by atoms with E-state index in [2.05, 4.69) is 5.32 Å². The summed E-state index contributed by atoms with van der Waals surface area (Å²) in [6.07, 6.45) is 0. The van der Waals surface area contributed by atoms with Crippen LogP contribution >= 0.6 is 23.4 Å². The quantitative estimate of drug-likeness (QED) is 0.548. The first kappa shape index (κ1) is 19.4. The molecule has 0 spiro atoms. The fraction of sp³-hybridized carbons (Fsp3) is 0.0952. The minimum absolute atomic E-state index is 0.234. The van der Waals surface area contributed by atoms with Crippen LogP contribution in [0.5, 0.6) is 0 Å². The van der Waals surface area contributed by atoms with Gasteiger partial charge in [-0.2, -0.15) is 0 Å². The monoisotopic (exact) mass is 401 g/mol. The highest BCUT2D eigenvalue weighted by atomic mass is 35.5. The molecule has 1 N–H and O–H groups in total. The zero-order valence-corrected chi connectivity index (χ0v) is 16.1. The number of carbonyl (C=O) groups excluding carboxylic acids is 1. The van der Waals surface area contributed by atoms with Crippen molar-refractivity contribution in [3.8, 4) is 0 Å². The third-order valence-electron chi connectivity index (χ3n) is 3.76. The van der Waals surface area contributed by atoms with Crippen LogP contribution in [0.25, 0.3) is 0 Å². The van der Waals surface area contributed by atoms with Gasteiger partial charge in [-0.3, -0.25) is 4.79 Å². The largest absolute Gasteiger partial charge is 0.380 e. The number of hydrogen-bond acceptors (Lipinski definition) is 3. The molecule has 0 aliphatic heterocycles. The molecule has 3 aromatic rings. The molecule has 0 atom stereocenters. The van der Waals surface area contributed by atoms with Crippen molar-refractivity contribution in [1.82, 2.24) is 0 Å². The maximum Gasteiger partial charge on any atom is 0.255 e. The Morgan fingerprint density at radius 3 is 2.44 bits per heavy atom. The number of anilines is 1. The number of amides is 1. The molecule has 0 bridgehead atoms. The fourth-order valence-corrected chi connectivity index (χ4v) is 3.49. The molecule has 0 saturated heterocycles. The van der Waals surface area contributed by atoms with Crippen LogP contribution in [0.2, 0.25) is 5.02 Å². The highest BCUT2D eigenvalue weighted by Crippen LogP contribution is 2.35. The summed E-state index contributed by atoms with van der Waals surface area (Å²) < 4.78 is 18.2. The fourth-order valence-electron chi connectivity index (χ4n) is 2.43. The summed E-state index contributed by atoms with van der Waals surface area (Å²) in [6, 6.07) is 18.7. The van der Waals surface area contributed by atoms with E-state index in [1.807, 2.05) is 18.2 Å². The zero-order valence-electron chi connectivity index (χ0n) is 14.5. The van der Waals surface area contributed by atoms with Crippen molar-refractivity contribution < 1.29 is 13.9 Å². The van der Waals surface area contributed by atoms with Gasteiger partial charge in [-0.1, -0.05) is 35.5 Å². The molecule has 6 heteroatoms. The summed E-state index contributed by atoms with van der Waals surface area (Å²) >= 11 is 7.52. The smallest absolute Gasteiger partial charge is 0.255 e. The summed E-state index contributed by atoms with van der Waals surface area (Å²) in [5, 5.41) is 3.42. The Morgan fingerprint density at radius 1 is 1.07 bits per heavy atom. The number of methoxy groups -OCH3 is 1. The lowest BCUT2D eigenvalue weighted by molar-refractivity contribution is 0.102. The molecule has 1 amide bonds. The summed E-state index contributed by atoms with van der Waals surface area (Å²) in [5.41, 5.74) is 2.12. The maximum absolute atomic E-state index is 13.1. The Morgan fingerprint density at radius 2 is 1.78 bits per heavy atom. The molecular weight excluding hydrogens is 385 g/mol. The second kappa shape index (κ2) is 9.04. The lowest BCUT2D eigenvalue weighted by Gasteiger charge is -2.12. The van der Waals surface area contributed by atoms with Gasteiger partial charge < -0.3 is 10.1 Å². The lowest BCUT2D eigenvalue weighted by atomic mass is 10.1. The van der Waals surface area contributed by atoms with Crippen LogP contribution in [-0.4, -0.2) is 13.0 Å². The molecule has 0 aliphatic carbocycles. The summed E-state index contributed by atoms with van der Waals surface area (Å²) in [7, 11) is 1.63. The average molecular weight is 402 g/mol. The van der Waals surface area contributed by atoms with Crippen molar-refractivity contribution in [2.24, 2.45) is 0 Å². The van der Waals surface area contributed by atoms with Crippen molar-refractivity contribution >= 4 is 35.0 Å². The highest BCUT2D eigenvalue weighted by molar-refractivity contribution is 7.99. The first-order valence-electron chi connectivity index (χ1n) is 8.17. The van der Waals surface area contributed by atoms with Gasteiger partial charge in [0.05, 0.1) is 12.3 Å². The molecule has 27 heavy (non-hydrogen) atoms. The van der Waals surface area contributed by atoms with Crippen molar-refractivity contribution in [1.29, 1.82) is 0 Å². The third kappa shape index (κ3) is 5.32. The third-order valence-corrected chi connectivity index (χ3v) is 5.08. The standard InChI is InChI=1S/C21H17ClFNO2S/c1-26-13-14-2-4-15(5-3-14)21(25)24-19-12-16(22)6-11-20(19)27-18-9-7-17(23)8-10-18/h2-12H,13H2,1H3,(H,24,25). The average Bonchev–Trinajstić information content (AvgIpc) is 2.66. The molecule has 0 radical (unpaired) electrons. The number of hydrogen-bond donors (Lipinski definition) is 1. The van der Waals surface area contributed by atoms with Gasteiger partial charge in [0.1, 0.15) is 5.82 Å². The molecule has 0 fully saturated rings. The molecule has 0 aromatic heterocycles. The van der Waals surface area contributed by atoms with Crippen LogP contribution in [0, 0.1) is 5.82 Å². The number of ether oxygens (including phenoxy) is 1. The van der Waals surface area contributed by atoms with E-state index in [9.17, 15) is 9.18 Å². The van der Waals surface area contributed by atoms with Crippen molar-refractivity contribution in [3.63, 3.8) is 0 Å². The van der Waals surface area contributed by atoms with Gasteiger partial charge in [0.2, 0.25) is 0 Å².